The van der Waals surface area contributed by atoms with Crippen molar-refractivity contribution in [2.24, 2.45) is 11.7 Å². The second-order valence-electron chi connectivity index (χ2n) is 4.47. The maximum Gasteiger partial charge on any atom is 0.241 e. The second kappa shape index (κ2) is 5.86. The Morgan fingerprint density at radius 1 is 1.22 bits per heavy atom. The summed E-state index contributed by atoms with van der Waals surface area (Å²) in [6.07, 6.45) is 0.414. The number of carbonyl (C=O) groups is 1. The van der Waals surface area contributed by atoms with E-state index in [1.165, 1.54) is 0 Å². The number of hydrogen-bond donors (Lipinski definition) is 2. The lowest BCUT2D eigenvalue weighted by atomic mass is 10.0. The number of benzene rings is 1. The van der Waals surface area contributed by atoms with Crippen molar-refractivity contribution in [3.8, 4) is 0 Å². The lowest BCUT2D eigenvalue weighted by molar-refractivity contribution is -0.117. The van der Waals surface area contributed by atoms with E-state index in [2.05, 4.69) is 5.32 Å². The Labute approximate surface area is 103 Å². The van der Waals surface area contributed by atoms with Crippen LogP contribution in [0.2, 0.25) is 0 Å². The van der Waals surface area contributed by atoms with Crippen LogP contribution in [0.4, 0.5) is 18.9 Å². The highest BCUT2D eigenvalue weighted by Crippen LogP contribution is 2.18. The first-order valence-electron chi connectivity index (χ1n) is 5.52. The summed E-state index contributed by atoms with van der Waals surface area (Å²) in [5, 5.41) is 2.14. The van der Waals surface area contributed by atoms with Crippen LogP contribution in [0.15, 0.2) is 12.1 Å². The Bertz CT molecular complexity index is 449. The molecule has 0 aliphatic carbocycles. The molecule has 6 heteroatoms. The maximum absolute atomic E-state index is 13.3. The summed E-state index contributed by atoms with van der Waals surface area (Å²) >= 11 is 0. The topological polar surface area (TPSA) is 55.1 Å². The van der Waals surface area contributed by atoms with Gasteiger partial charge >= 0.3 is 0 Å². The lowest BCUT2D eigenvalue weighted by Crippen LogP contribution is -2.36. The molecule has 1 rings (SSSR count). The molecule has 0 radical (unpaired) electrons. The standard InChI is InChI=1S/C12H15F3N2O/c1-6(2)3-10(16)12(18)17-11-5-8(14)7(13)4-9(11)15/h4-6,10H,3,16H2,1-2H3,(H,17,18)/t10-/m1/s1. The zero-order valence-corrected chi connectivity index (χ0v) is 10.1. The number of halogens is 3. The molecule has 1 atom stereocenters. The Morgan fingerprint density at radius 2 is 1.78 bits per heavy atom. The van der Waals surface area contributed by atoms with Crippen molar-refractivity contribution in [2.75, 3.05) is 5.32 Å². The van der Waals surface area contributed by atoms with E-state index in [1.54, 1.807) is 0 Å². The minimum atomic E-state index is -1.31. The summed E-state index contributed by atoms with van der Waals surface area (Å²) in [5.41, 5.74) is 5.16. The summed E-state index contributed by atoms with van der Waals surface area (Å²) < 4.78 is 38.8. The molecule has 0 bridgehead atoms. The van der Waals surface area contributed by atoms with Gasteiger partial charge in [-0.2, -0.15) is 0 Å². The number of nitrogens with two attached hydrogens (primary N) is 1. The molecule has 0 heterocycles. The van der Waals surface area contributed by atoms with Crippen LogP contribution in [-0.2, 0) is 4.79 Å². The zero-order chi connectivity index (χ0) is 13.9. The van der Waals surface area contributed by atoms with Crippen molar-refractivity contribution >= 4 is 11.6 Å². The SMILES string of the molecule is CC(C)C[C@@H](N)C(=O)Nc1cc(F)c(F)cc1F. The van der Waals surface area contributed by atoms with Crippen LogP contribution in [0.25, 0.3) is 0 Å². The molecule has 3 nitrogen and oxygen atoms in total. The van der Waals surface area contributed by atoms with Gasteiger partial charge in [-0.3, -0.25) is 4.79 Å². The molecule has 100 valence electrons. The number of amides is 1. The Kier molecular flexibility index (Phi) is 4.72. The fraction of sp³-hybridized carbons (Fsp3) is 0.417. The summed E-state index contributed by atoms with van der Waals surface area (Å²) in [6, 6.07) is 0.140. The van der Waals surface area contributed by atoms with Gasteiger partial charge in [0.05, 0.1) is 11.7 Å². The lowest BCUT2D eigenvalue weighted by Gasteiger charge is -2.14. The first-order valence-corrected chi connectivity index (χ1v) is 5.52. The van der Waals surface area contributed by atoms with E-state index >= 15 is 0 Å². The van der Waals surface area contributed by atoms with E-state index in [-0.39, 0.29) is 5.92 Å². The van der Waals surface area contributed by atoms with Crippen LogP contribution in [0.1, 0.15) is 20.3 Å². The molecule has 3 N–H and O–H groups in total. The molecule has 0 saturated carbocycles. The van der Waals surface area contributed by atoms with Crippen molar-refractivity contribution < 1.29 is 18.0 Å². The largest absolute Gasteiger partial charge is 0.322 e. The van der Waals surface area contributed by atoms with E-state index in [4.69, 9.17) is 5.73 Å². The van der Waals surface area contributed by atoms with Crippen LogP contribution in [0.5, 0.6) is 0 Å². The van der Waals surface area contributed by atoms with Gasteiger partial charge in [0, 0.05) is 12.1 Å². The maximum atomic E-state index is 13.3. The van der Waals surface area contributed by atoms with Crippen molar-refractivity contribution in [1.29, 1.82) is 0 Å². The van der Waals surface area contributed by atoms with E-state index in [0.29, 0.717) is 18.6 Å². The second-order valence-corrected chi connectivity index (χ2v) is 4.47. The minimum Gasteiger partial charge on any atom is -0.322 e. The van der Waals surface area contributed by atoms with Crippen LogP contribution in [-0.4, -0.2) is 11.9 Å². The first kappa shape index (κ1) is 14.5. The van der Waals surface area contributed by atoms with E-state index < -0.39 is 35.1 Å². The van der Waals surface area contributed by atoms with Crippen molar-refractivity contribution in [3.63, 3.8) is 0 Å². The fourth-order valence-corrected chi connectivity index (χ4v) is 1.46. The van der Waals surface area contributed by atoms with Gasteiger partial charge < -0.3 is 11.1 Å². The molecule has 1 amide bonds. The third-order valence-electron chi connectivity index (χ3n) is 2.33. The van der Waals surface area contributed by atoms with Gasteiger partial charge in [-0.1, -0.05) is 13.8 Å². The molecule has 0 saturated heterocycles. The molecule has 0 aromatic heterocycles. The van der Waals surface area contributed by atoms with Crippen molar-refractivity contribution in [1.82, 2.24) is 0 Å². The van der Waals surface area contributed by atoms with Gasteiger partial charge in [0.25, 0.3) is 0 Å². The van der Waals surface area contributed by atoms with Crippen molar-refractivity contribution in [2.45, 2.75) is 26.3 Å². The normalized spacial score (nSPS) is 12.6. The Hall–Kier alpha value is -1.56. The molecule has 18 heavy (non-hydrogen) atoms. The van der Waals surface area contributed by atoms with E-state index in [1.807, 2.05) is 13.8 Å². The van der Waals surface area contributed by atoms with Gasteiger partial charge in [-0.05, 0) is 12.3 Å². The average Bonchev–Trinajstić information content (AvgIpc) is 2.24. The minimum absolute atomic E-state index is 0.195. The van der Waals surface area contributed by atoms with Crippen LogP contribution in [0.3, 0.4) is 0 Å². The molecular weight excluding hydrogens is 245 g/mol. The third-order valence-corrected chi connectivity index (χ3v) is 2.33. The molecule has 0 aliphatic heterocycles. The predicted molar refractivity (Wildman–Crippen MR) is 62.4 cm³/mol. The van der Waals surface area contributed by atoms with Gasteiger partial charge in [0.15, 0.2) is 11.6 Å². The number of anilines is 1. The zero-order valence-electron chi connectivity index (χ0n) is 10.1. The van der Waals surface area contributed by atoms with Crippen LogP contribution >= 0.6 is 0 Å². The van der Waals surface area contributed by atoms with Gasteiger partial charge in [-0.15, -0.1) is 0 Å². The molecule has 1 aromatic carbocycles. The molecule has 0 aliphatic rings. The summed E-state index contributed by atoms with van der Waals surface area (Å²) in [7, 11) is 0. The summed E-state index contributed by atoms with van der Waals surface area (Å²) in [6.45, 7) is 3.76. The van der Waals surface area contributed by atoms with Crippen molar-refractivity contribution in [3.05, 3.63) is 29.6 Å². The highest BCUT2D eigenvalue weighted by Gasteiger charge is 2.18. The smallest absolute Gasteiger partial charge is 0.241 e. The summed E-state index contributed by atoms with van der Waals surface area (Å²) in [5.74, 6) is -4.02. The number of hydrogen-bond acceptors (Lipinski definition) is 2. The Balaban J connectivity index is 2.79. The van der Waals surface area contributed by atoms with E-state index in [0.717, 1.165) is 0 Å². The van der Waals surface area contributed by atoms with Crippen LogP contribution < -0.4 is 11.1 Å². The van der Waals surface area contributed by atoms with E-state index in [9.17, 15) is 18.0 Å². The van der Waals surface area contributed by atoms with Gasteiger partial charge in [-0.25, -0.2) is 13.2 Å². The fourth-order valence-electron chi connectivity index (χ4n) is 1.46. The van der Waals surface area contributed by atoms with Gasteiger partial charge in [0.1, 0.15) is 5.82 Å². The molecule has 0 spiro atoms. The molecule has 0 fully saturated rings. The molecule has 1 aromatic rings. The quantitative estimate of drug-likeness (QED) is 0.817. The number of rotatable bonds is 4. The first-order chi connectivity index (χ1) is 8.31. The highest BCUT2D eigenvalue weighted by atomic mass is 19.2. The average molecular weight is 260 g/mol. The van der Waals surface area contributed by atoms with Crippen LogP contribution in [0, 0.1) is 23.4 Å². The number of carbonyl (C=O) groups excluding carboxylic acids is 1. The predicted octanol–water partition coefficient (Wildman–Crippen LogP) is 2.42. The summed E-state index contributed by atoms with van der Waals surface area (Å²) in [4.78, 5) is 11.6. The third kappa shape index (κ3) is 3.73. The number of nitrogens with one attached hydrogen (secondary N) is 1. The molecular formula is C12H15F3N2O. The van der Waals surface area contributed by atoms with Gasteiger partial charge in [0.2, 0.25) is 5.91 Å². The Morgan fingerprint density at radius 3 is 2.33 bits per heavy atom. The molecule has 0 unspecified atom stereocenters. The monoisotopic (exact) mass is 260 g/mol. The highest BCUT2D eigenvalue weighted by molar-refractivity contribution is 5.94.